The van der Waals surface area contributed by atoms with Crippen LogP contribution in [0.25, 0.3) is 0 Å². The predicted octanol–water partition coefficient (Wildman–Crippen LogP) is -3.87. The maximum absolute atomic E-state index is 12.6. The largest absolute Gasteiger partial charge is 0.483 e. The fraction of sp³-hybridized carbons (Fsp3) is 0.737. The van der Waals surface area contributed by atoms with Gasteiger partial charge in [0.1, 0.15) is 42.7 Å². The summed E-state index contributed by atoms with van der Waals surface area (Å²) in [6.07, 6.45) is -12.7. The molecule has 41 heavy (non-hydrogen) atoms. The molecule has 1 amide bonds. The van der Waals surface area contributed by atoms with Crippen LogP contribution in [0.3, 0.4) is 0 Å². The van der Waals surface area contributed by atoms with E-state index in [9.17, 15) is 58.8 Å². The van der Waals surface area contributed by atoms with Gasteiger partial charge in [-0.3, -0.25) is 28.2 Å². The molecule has 0 saturated carbocycles. The van der Waals surface area contributed by atoms with E-state index in [0.717, 1.165) is 16.8 Å². The van der Waals surface area contributed by atoms with Crippen LogP contribution in [-0.4, -0.2) is 113 Å². The van der Waals surface area contributed by atoms with Crippen molar-refractivity contribution in [2.75, 3.05) is 13.2 Å². The van der Waals surface area contributed by atoms with Crippen molar-refractivity contribution in [2.24, 2.45) is 0 Å². The average molecular weight is 635 g/mol. The SMILES string of the molecule is CCCC(=O)N[C@@H]1[C@@H](OP(=O)(O)OP(=O)(O)OC[C@H]2O[C@@H](n3ccc(=O)[nH]c3=O)[C@H](O)[C@@H]2O)O[C@H](CO)[C@@H](O)[C@@H]1O. The van der Waals surface area contributed by atoms with Crippen LogP contribution in [0.2, 0.25) is 0 Å². The Balaban J connectivity index is 1.66. The Bertz CT molecular complexity index is 1270. The number of ether oxygens (including phenoxy) is 2. The average Bonchev–Trinajstić information content (AvgIpc) is 3.15. The van der Waals surface area contributed by atoms with E-state index in [1.807, 2.05) is 4.98 Å². The van der Waals surface area contributed by atoms with Gasteiger partial charge in [-0.2, -0.15) is 4.31 Å². The van der Waals surface area contributed by atoms with Crippen molar-refractivity contribution < 1.29 is 72.1 Å². The molecule has 2 aliphatic rings. The highest BCUT2D eigenvalue weighted by molar-refractivity contribution is 7.61. The van der Waals surface area contributed by atoms with Gasteiger partial charge in [-0.05, 0) is 6.42 Å². The number of aromatic amines is 1. The summed E-state index contributed by atoms with van der Waals surface area (Å²) in [4.78, 5) is 57.3. The molecule has 2 aliphatic heterocycles. The van der Waals surface area contributed by atoms with Gasteiger partial charge in [0.05, 0.1) is 13.2 Å². The van der Waals surface area contributed by atoms with Crippen molar-refractivity contribution in [1.82, 2.24) is 14.9 Å². The molecule has 22 heteroatoms. The Morgan fingerprint density at radius 1 is 1.05 bits per heavy atom. The van der Waals surface area contributed by atoms with Crippen molar-refractivity contribution in [2.45, 2.75) is 74.9 Å². The van der Waals surface area contributed by atoms with Gasteiger partial charge in [0, 0.05) is 18.7 Å². The number of phosphoric acid groups is 2. The number of phosphoric ester groups is 2. The molecule has 3 rings (SSSR count). The number of aromatic nitrogens is 2. The molecule has 0 spiro atoms. The molecule has 9 N–H and O–H groups in total. The molecule has 20 nitrogen and oxygen atoms in total. The molecule has 2 unspecified atom stereocenters. The number of hydrogen-bond acceptors (Lipinski definition) is 15. The maximum Gasteiger partial charge on any atom is 0.483 e. The third-order valence-electron chi connectivity index (χ3n) is 5.99. The van der Waals surface area contributed by atoms with Gasteiger partial charge in [0.15, 0.2) is 12.5 Å². The smallest absolute Gasteiger partial charge is 0.394 e. The number of rotatable bonds is 12. The van der Waals surface area contributed by atoms with Crippen LogP contribution in [0.5, 0.6) is 0 Å². The van der Waals surface area contributed by atoms with E-state index in [0.29, 0.717) is 6.42 Å². The number of carbonyl (C=O) groups excluding carboxylic acids is 1. The molecule has 2 fully saturated rings. The fourth-order valence-corrected chi connectivity index (χ4v) is 6.17. The number of amides is 1. The molecule has 1 aromatic rings. The summed E-state index contributed by atoms with van der Waals surface area (Å²) in [5.41, 5.74) is -1.75. The van der Waals surface area contributed by atoms with Crippen LogP contribution >= 0.6 is 15.6 Å². The Labute approximate surface area is 230 Å². The summed E-state index contributed by atoms with van der Waals surface area (Å²) >= 11 is 0. The summed E-state index contributed by atoms with van der Waals surface area (Å²) < 4.78 is 49.7. The van der Waals surface area contributed by atoms with E-state index < -0.39 is 101 Å². The van der Waals surface area contributed by atoms with E-state index in [1.54, 1.807) is 6.92 Å². The number of nitrogens with one attached hydrogen (secondary N) is 2. The van der Waals surface area contributed by atoms with Gasteiger partial charge in [0.2, 0.25) is 5.91 Å². The topological polar surface area (TPSA) is 306 Å². The molecule has 0 bridgehead atoms. The first-order chi connectivity index (χ1) is 19.1. The summed E-state index contributed by atoms with van der Waals surface area (Å²) in [6.45, 7) is -0.270. The number of carbonyl (C=O) groups is 1. The van der Waals surface area contributed by atoms with Crippen molar-refractivity contribution in [1.29, 1.82) is 0 Å². The molecule has 0 aliphatic carbocycles. The van der Waals surface area contributed by atoms with Crippen LogP contribution in [0, 0.1) is 0 Å². The second kappa shape index (κ2) is 13.6. The lowest BCUT2D eigenvalue weighted by atomic mass is 9.97. The van der Waals surface area contributed by atoms with Gasteiger partial charge in [0.25, 0.3) is 5.56 Å². The van der Waals surface area contributed by atoms with Crippen molar-refractivity contribution in [3.8, 4) is 0 Å². The minimum Gasteiger partial charge on any atom is -0.394 e. The zero-order valence-corrected chi connectivity index (χ0v) is 23.0. The highest BCUT2D eigenvalue weighted by atomic mass is 31.3. The molecule has 11 atom stereocenters. The van der Waals surface area contributed by atoms with Crippen LogP contribution in [0.1, 0.15) is 26.0 Å². The lowest BCUT2D eigenvalue weighted by Gasteiger charge is -2.42. The molecule has 0 aromatic carbocycles. The van der Waals surface area contributed by atoms with Gasteiger partial charge < -0.3 is 50.1 Å². The van der Waals surface area contributed by atoms with Gasteiger partial charge in [-0.15, -0.1) is 0 Å². The van der Waals surface area contributed by atoms with Gasteiger partial charge in [-0.25, -0.2) is 13.9 Å². The number of nitrogens with zero attached hydrogens (tertiary/aromatic N) is 1. The summed E-state index contributed by atoms with van der Waals surface area (Å²) in [5, 5.41) is 52.5. The number of aliphatic hydroxyl groups is 5. The molecular weight excluding hydrogens is 604 g/mol. The van der Waals surface area contributed by atoms with E-state index in [4.69, 9.17) is 14.0 Å². The monoisotopic (exact) mass is 635 g/mol. The normalized spacial score (nSPS) is 35.0. The van der Waals surface area contributed by atoms with Crippen LogP contribution in [-0.2, 0) is 36.8 Å². The molecule has 0 radical (unpaired) electrons. The van der Waals surface area contributed by atoms with Crippen molar-refractivity contribution in [3.63, 3.8) is 0 Å². The zero-order valence-electron chi connectivity index (χ0n) is 21.2. The number of hydrogen-bond donors (Lipinski definition) is 9. The Morgan fingerprint density at radius 2 is 1.71 bits per heavy atom. The second-order valence-corrected chi connectivity index (χ2v) is 12.0. The first kappa shape index (κ1) is 33.6. The molecule has 3 heterocycles. The Hall–Kier alpha value is -1.87. The zero-order chi connectivity index (χ0) is 30.7. The van der Waals surface area contributed by atoms with E-state index in [1.165, 1.54) is 0 Å². The molecule has 1 aromatic heterocycles. The molecule has 2 saturated heterocycles. The highest BCUT2D eigenvalue weighted by Crippen LogP contribution is 2.61. The standard InChI is InChI=1S/C19H31N3O17P2/c1-2-3-10(24)20-12-15(28)13(26)8(6-23)37-18(12)38-41(33,34)39-40(31,32)35-7-9-14(27)16(29)17(36-9)22-5-4-11(25)21-19(22)30/h4-5,8-9,12-18,23,26-29H,2-3,6-7H2,1H3,(H,20,24)(H,31,32)(H,33,34)(H,21,25,30)/t8-,9-,12+,13-,14-,15-,16-,17-,18-/m1/s1. The van der Waals surface area contributed by atoms with Crippen molar-refractivity contribution >= 4 is 21.6 Å². The number of H-pyrrole nitrogens is 1. The molecule has 234 valence electrons. The predicted molar refractivity (Wildman–Crippen MR) is 130 cm³/mol. The summed E-state index contributed by atoms with van der Waals surface area (Å²) in [7, 11) is -11.2. The van der Waals surface area contributed by atoms with Gasteiger partial charge in [-0.1, -0.05) is 6.92 Å². The minimum absolute atomic E-state index is 0.0517. The quantitative estimate of drug-likeness (QED) is 0.0992. The second-order valence-electron chi connectivity index (χ2n) is 9.03. The van der Waals surface area contributed by atoms with E-state index in [-0.39, 0.29) is 6.42 Å². The third-order valence-corrected chi connectivity index (χ3v) is 8.59. The minimum atomic E-state index is -5.64. The first-order valence-corrected chi connectivity index (χ1v) is 15.0. The number of aliphatic hydroxyl groups excluding tert-OH is 5. The first-order valence-electron chi connectivity index (χ1n) is 12.0. The maximum atomic E-state index is 12.6. The lowest BCUT2D eigenvalue weighted by molar-refractivity contribution is -0.248. The summed E-state index contributed by atoms with van der Waals surface area (Å²) in [6, 6.07) is -0.757. The third kappa shape index (κ3) is 8.37. The van der Waals surface area contributed by atoms with E-state index >= 15 is 0 Å². The Kier molecular flexibility index (Phi) is 11.2. The van der Waals surface area contributed by atoms with Crippen LogP contribution in [0.15, 0.2) is 21.9 Å². The van der Waals surface area contributed by atoms with Gasteiger partial charge >= 0.3 is 21.3 Å². The highest BCUT2D eigenvalue weighted by Gasteiger charge is 2.50. The summed E-state index contributed by atoms with van der Waals surface area (Å²) in [5.74, 6) is -0.673. The lowest BCUT2D eigenvalue weighted by Crippen LogP contribution is -2.64. The molecular formula is C19H31N3O17P2. The van der Waals surface area contributed by atoms with E-state index in [2.05, 4.69) is 14.2 Å². The Morgan fingerprint density at radius 3 is 2.32 bits per heavy atom. The van der Waals surface area contributed by atoms with Crippen LogP contribution < -0.4 is 16.6 Å². The fourth-order valence-electron chi connectivity index (χ4n) is 4.01. The van der Waals surface area contributed by atoms with Crippen LogP contribution in [0.4, 0.5) is 0 Å². The van der Waals surface area contributed by atoms with Crippen molar-refractivity contribution in [3.05, 3.63) is 33.1 Å².